The van der Waals surface area contributed by atoms with Gasteiger partial charge in [-0.2, -0.15) is 0 Å². The molecule has 2 aliphatic rings. The Bertz CT molecular complexity index is 866. The van der Waals surface area contributed by atoms with E-state index in [1.165, 1.54) is 0 Å². The number of quaternary nitrogens is 1. The van der Waals surface area contributed by atoms with E-state index in [1.54, 1.807) is 12.1 Å². The molecular formula is C20H22ClN2O3+. The van der Waals surface area contributed by atoms with Crippen molar-refractivity contribution in [2.45, 2.75) is 26.1 Å². The van der Waals surface area contributed by atoms with Crippen LogP contribution in [0.25, 0.3) is 5.70 Å². The SMILES string of the molecule is CC(C)C1NC(c2ccc3c(c2)OCO3)=CC(c2cc(Cl)ccc2O)[NH2+]1. The summed E-state index contributed by atoms with van der Waals surface area (Å²) in [6.07, 6.45) is 2.28. The van der Waals surface area contributed by atoms with Gasteiger partial charge in [0, 0.05) is 28.3 Å². The van der Waals surface area contributed by atoms with Crippen molar-refractivity contribution in [3.8, 4) is 17.2 Å². The first-order chi connectivity index (χ1) is 12.5. The van der Waals surface area contributed by atoms with Crippen LogP contribution in [0.3, 0.4) is 0 Å². The van der Waals surface area contributed by atoms with Crippen LogP contribution in [-0.4, -0.2) is 18.1 Å². The highest BCUT2D eigenvalue weighted by Crippen LogP contribution is 2.35. The second-order valence-electron chi connectivity index (χ2n) is 6.98. The maximum Gasteiger partial charge on any atom is 0.231 e. The fourth-order valence-corrected chi connectivity index (χ4v) is 3.53. The van der Waals surface area contributed by atoms with E-state index in [0.29, 0.717) is 10.9 Å². The van der Waals surface area contributed by atoms with Gasteiger partial charge in [0.1, 0.15) is 11.8 Å². The number of benzene rings is 2. The van der Waals surface area contributed by atoms with Gasteiger partial charge in [0.15, 0.2) is 17.7 Å². The van der Waals surface area contributed by atoms with Crippen molar-refractivity contribution in [3.63, 3.8) is 0 Å². The van der Waals surface area contributed by atoms with Crippen LogP contribution in [0.15, 0.2) is 42.5 Å². The molecule has 0 saturated carbocycles. The molecule has 0 bridgehead atoms. The molecule has 0 saturated heterocycles. The molecule has 0 radical (unpaired) electrons. The summed E-state index contributed by atoms with van der Waals surface area (Å²) in [6.45, 7) is 4.60. The third-order valence-electron chi connectivity index (χ3n) is 4.83. The molecule has 0 fully saturated rings. The van der Waals surface area contributed by atoms with E-state index < -0.39 is 0 Å². The summed E-state index contributed by atoms with van der Waals surface area (Å²) < 4.78 is 10.9. The molecule has 2 unspecified atom stereocenters. The van der Waals surface area contributed by atoms with Crippen molar-refractivity contribution in [1.29, 1.82) is 0 Å². The predicted octanol–water partition coefficient (Wildman–Crippen LogP) is 3.01. The maximum atomic E-state index is 10.3. The first-order valence-corrected chi connectivity index (χ1v) is 9.11. The number of phenolic OH excluding ortho intramolecular Hbond substituents is 1. The Balaban J connectivity index is 1.74. The zero-order chi connectivity index (χ0) is 18.3. The minimum atomic E-state index is -0.0391. The largest absolute Gasteiger partial charge is 0.507 e. The average molecular weight is 374 g/mol. The summed E-state index contributed by atoms with van der Waals surface area (Å²) in [5.41, 5.74) is 2.84. The highest BCUT2D eigenvalue weighted by Gasteiger charge is 2.30. The summed E-state index contributed by atoms with van der Waals surface area (Å²) in [7, 11) is 0. The lowest BCUT2D eigenvalue weighted by atomic mass is 9.97. The van der Waals surface area contributed by atoms with Crippen LogP contribution in [0.4, 0.5) is 0 Å². The molecule has 4 rings (SSSR count). The van der Waals surface area contributed by atoms with Gasteiger partial charge in [0.25, 0.3) is 0 Å². The molecule has 0 spiro atoms. The van der Waals surface area contributed by atoms with Crippen LogP contribution in [-0.2, 0) is 0 Å². The molecule has 2 aromatic carbocycles. The fraction of sp³-hybridized carbons (Fsp3) is 0.300. The highest BCUT2D eigenvalue weighted by atomic mass is 35.5. The van der Waals surface area contributed by atoms with Gasteiger partial charge in [-0.3, -0.25) is 0 Å². The number of ether oxygens (including phenoxy) is 2. The molecule has 2 aliphatic heterocycles. The molecule has 0 aliphatic carbocycles. The normalized spacial score (nSPS) is 21.5. The van der Waals surface area contributed by atoms with Gasteiger partial charge >= 0.3 is 0 Å². The van der Waals surface area contributed by atoms with Crippen molar-refractivity contribution in [2.75, 3.05) is 6.79 Å². The number of aromatic hydroxyl groups is 1. The van der Waals surface area contributed by atoms with E-state index in [2.05, 4.69) is 30.6 Å². The summed E-state index contributed by atoms with van der Waals surface area (Å²) in [5.74, 6) is 2.17. The molecule has 26 heavy (non-hydrogen) atoms. The third kappa shape index (κ3) is 3.20. The van der Waals surface area contributed by atoms with Gasteiger partial charge in [-0.25, -0.2) is 0 Å². The first kappa shape index (κ1) is 17.1. The lowest BCUT2D eigenvalue weighted by Crippen LogP contribution is -2.96. The molecular weight excluding hydrogens is 352 g/mol. The zero-order valence-corrected chi connectivity index (χ0v) is 15.5. The summed E-state index contributed by atoms with van der Waals surface area (Å²) in [4.78, 5) is 0. The minimum absolute atomic E-state index is 0.0391. The second kappa shape index (κ2) is 6.74. The Morgan fingerprint density at radius 2 is 1.96 bits per heavy atom. The molecule has 136 valence electrons. The molecule has 6 heteroatoms. The number of halogens is 1. The molecule has 5 nitrogen and oxygen atoms in total. The van der Waals surface area contributed by atoms with Crippen molar-refractivity contribution in [2.24, 2.45) is 5.92 Å². The molecule has 2 heterocycles. The maximum absolute atomic E-state index is 10.3. The standard InChI is InChI=1S/C20H21ClN2O3/c1-11(2)20-22-15(12-3-6-18-19(7-12)26-10-25-18)9-16(23-20)14-8-13(21)4-5-17(14)24/h3-9,11,16,20,22-24H,10H2,1-2H3/p+1. The predicted molar refractivity (Wildman–Crippen MR) is 100 cm³/mol. The van der Waals surface area contributed by atoms with Crippen LogP contribution in [0.2, 0.25) is 5.02 Å². The van der Waals surface area contributed by atoms with Crippen molar-refractivity contribution in [3.05, 3.63) is 58.6 Å². The van der Waals surface area contributed by atoms with E-state index in [4.69, 9.17) is 21.1 Å². The Labute approximate surface area is 157 Å². The lowest BCUT2D eigenvalue weighted by Gasteiger charge is -2.32. The van der Waals surface area contributed by atoms with E-state index >= 15 is 0 Å². The van der Waals surface area contributed by atoms with Gasteiger partial charge in [0.2, 0.25) is 6.79 Å². The monoisotopic (exact) mass is 373 g/mol. The van der Waals surface area contributed by atoms with E-state index in [9.17, 15) is 5.11 Å². The lowest BCUT2D eigenvalue weighted by molar-refractivity contribution is -0.729. The topological polar surface area (TPSA) is 67.3 Å². The zero-order valence-electron chi connectivity index (χ0n) is 14.7. The number of fused-ring (bicyclic) bond motifs is 1. The molecule has 2 atom stereocenters. The number of rotatable bonds is 3. The van der Waals surface area contributed by atoms with Crippen LogP contribution in [0.1, 0.15) is 31.0 Å². The van der Waals surface area contributed by atoms with Gasteiger partial charge in [-0.05, 0) is 36.4 Å². The first-order valence-electron chi connectivity index (χ1n) is 8.73. The smallest absolute Gasteiger partial charge is 0.231 e. The quantitative estimate of drug-likeness (QED) is 0.773. The molecule has 4 N–H and O–H groups in total. The highest BCUT2D eigenvalue weighted by molar-refractivity contribution is 6.30. The Kier molecular flexibility index (Phi) is 4.42. The van der Waals surface area contributed by atoms with Gasteiger partial charge in [0.05, 0.1) is 5.56 Å². The summed E-state index contributed by atoms with van der Waals surface area (Å²) in [5, 5.41) is 16.7. The Morgan fingerprint density at radius 3 is 2.77 bits per heavy atom. The minimum Gasteiger partial charge on any atom is -0.507 e. The number of phenols is 1. The number of hydrogen-bond acceptors (Lipinski definition) is 4. The number of nitrogens with one attached hydrogen (secondary N) is 1. The van der Waals surface area contributed by atoms with E-state index in [1.807, 2.05) is 24.3 Å². The summed E-state index contributed by atoms with van der Waals surface area (Å²) in [6, 6.07) is 11.1. The van der Waals surface area contributed by atoms with Crippen molar-refractivity contribution < 1.29 is 19.9 Å². The van der Waals surface area contributed by atoms with Crippen LogP contribution in [0, 0.1) is 5.92 Å². The van der Waals surface area contributed by atoms with Gasteiger partial charge in [-0.15, -0.1) is 0 Å². The summed E-state index contributed by atoms with van der Waals surface area (Å²) >= 11 is 6.16. The van der Waals surface area contributed by atoms with Crippen LogP contribution >= 0.6 is 11.6 Å². The van der Waals surface area contributed by atoms with E-state index in [0.717, 1.165) is 28.3 Å². The Hall–Kier alpha value is -2.37. The fourth-order valence-electron chi connectivity index (χ4n) is 3.35. The second-order valence-corrected chi connectivity index (χ2v) is 7.42. The van der Waals surface area contributed by atoms with Crippen molar-refractivity contribution >= 4 is 17.3 Å². The molecule has 2 aromatic rings. The Morgan fingerprint density at radius 1 is 1.15 bits per heavy atom. The van der Waals surface area contributed by atoms with Gasteiger partial charge in [-0.1, -0.05) is 25.4 Å². The number of nitrogens with two attached hydrogens (primary N) is 1. The van der Waals surface area contributed by atoms with E-state index in [-0.39, 0.29) is 24.8 Å². The number of hydrogen-bond donors (Lipinski definition) is 3. The van der Waals surface area contributed by atoms with Gasteiger partial charge < -0.3 is 25.2 Å². The third-order valence-corrected chi connectivity index (χ3v) is 5.07. The molecule has 0 amide bonds. The van der Waals surface area contributed by atoms with Crippen LogP contribution < -0.4 is 20.1 Å². The van der Waals surface area contributed by atoms with Crippen molar-refractivity contribution in [1.82, 2.24) is 5.32 Å². The molecule has 0 aromatic heterocycles. The average Bonchev–Trinajstić information content (AvgIpc) is 3.11. The van der Waals surface area contributed by atoms with Crippen LogP contribution in [0.5, 0.6) is 17.2 Å².